The van der Waals surface area contributed by atoms with Crippen molar-refractivity contribution < 1.29 is 14.3 Å². The molecular weight excluding hydrogens is 266 g/mol. The number of nitrogen functional groups attached to an aromatic ring is 1. The van der Waals surface area contributed by atoms with Crippen molar-refractivity contribution in [2.75, 3.05) is 12.3 Å². The van der Waals surface area contributed by atoms with Gasteiger partial charge in [-0.2, -0.15) is 0 Å². The number of hydrogen-bond donors (Lipinski definition) is 1. The molecule has 0 fully saturated rings. The molecule has 21 heavy (non-hydrogen) atoms. The first-order chi connectivity index (χ1) is 10.2. The molecule has 2 aromatic carbocycles. The summed E-state index contributed by atoms with van der Waals surface area (Å²) in [4.78, 5) is 11.8. The predicted molar refractivity (Wildman–Crippen MR) is 82.7 cm³/mol. The number of carbonyl (C=O) groups is 1. The molecule has 0 saturated heterocycles. The molecule has 0 heterocycles. The topological polar surface area (TPSA) is 61.5 Å². The third kappa shape index (κ3) is 3.54. The highest BCUT2D eigenvalue weighted by Gasteiger charge is 2.14. The van der Waals surface area contributed by atoms with Crippen molar-refractivity contribution in [2.45, 2.75) is 20.3 Å². The summed E-state index contributed by atoms with van der Waals surface area (Å²) < 4.78 is 10.8. The van der Waals surface area contributed by atoms with E-state index >= 15 is 0 Å². The number of anilines is 1. The maximum absolute atomic E-state index is 11.8. The highest BCUT2D eigenvalue weighted by atomic mass is 16.5. The number of para-hydroxylation sites is 1. The van der Waals surface area contributed by atoms with Crippen LogP contribution in [0.15, 0.2) is 42.5 Å². The Labute approximate surface area is 124 Å². The van der Waals surface area contributed by atoms with Crippen LogP contribution in [0.4, 0.5) is 5.69 Å². The fraction of sp³-hybridized carbons (Fsp3) is 0.235. The van der Waals surface area contributed by atoms with E-state index in [1.165, 1.54) is 5.56 Å². The highest BCUT2D eigenvalue weighted by molar-refractivity contribution is 5.96. The lowest BCUT2D eigenvalue weighted by Crippen LogP contribution is -2.08. The SMILES string of the molecule is CCOC(=O)c1cccc(Oc2cccc(CC)c2)c1N. The Hall–Kier alpha value is -2.49. The first-order valence-corrected chi connectivity index (χ1v) is 6.98. The molecule has 4 nitrogen and oxygen atoms in total. The summed E-state index contributed by atoms with van der Waals surface area (Å²) in [5, 5.41) is 0. The Bertz CT molecular complexity index is 638. The third-order valence-electron chi connectivity index (χ3n) is 3.10. The Morgan fingerprint density at radius 3 is 2.62 bits per heavy atom. The number of carbonyl (C=O) groups excluding carboxylic acids is 1. The van der Waals surface area contributed by atoms with Gasteiger partial charge in [-0.3, -0.25) is 0 Å². The van der Waals surface area contributed by atoms with Gasteiger partial charge in [0.1, 0.15) is 5.75 Å². The fourth-order valence-electron chi connectivity index (χ4n) is 1.98. The second kappa shape index (κ2) is 6.79. The van der Waals surface area contributed by atoms with Crippen LogP contribution >= 0.6 is 0 Å². The van der Waals surface area contributed by atoms with Crippen LogP contribution in [0, 0.1) is 0 Å². The molecule has 0 amide bonds. The maximum Gasteiger partial charge on any atom is 0.340 e. The lowest BCUT2D eigenvalue weighted by atomic mass is 10.1. The average molecular weight is 285 g/mol. The normalized spacial score (nSPS) is 10.2. The average Bonchev–Trinajstić information content (AvgIpc) is 2.50. The van der Waals surface area contributed by atoms with Crippen LogP contribution in [0.25, 0.3) is 0 Å². The van der Waals surface area contributed by atoms with Crippen LogP contribution in [0.2, 0.25) is 0 Å². The van der Waals surface area contributed by atoms with Crippen LogP contribution in [-0.2, 0) is 11.2 Å². The minimum atomic E-state index is -0.442. The van der Waals surface area contributed by atoms with Crippen molar-refractivity contribution in [2.24, 2.45) is 0 Å². The fourth-order valence-corrected chi connectivity index (χ4v) is 1.98. The summed E-state index contributed by atoms with van der Waals surface area (Å²) in [5.74, 6) is 0.707. The summed E-state index contributed by atoms with van der Waals surface area (Å²) in [7, 11) is 0. The minimum Gasteiger partial charge on any atom is -0.462 e. The van der Waals surface area contributed by atoms with Crippen molar-refractivity contribution in [3.05, 3.63) is 53.6 Å². The molecule has 0 saturated carbocycles. The monoisotopic (exact) mass is 285 g/mol. The van der Waals surface area contributed by atoms with Gasteiger partial charge in [0.15, 0.2) is 5.75 Å². The van der Waals surface area contributed by atoms with Gasteiger partial charge >= 0.3 is 5.97 Å². The molecule has 0 unspecified atom stereocenters. The van der Waals surface area contributed by atoms with E-state index in [0.29, 0.717) is 23.7 Å². The van der Waals surface area contributed by atoms with Crippen molar-refractivity contribution in [3.8, 4) is 11.5 Å². The molecule has 0 atom stereocenters. The summed E-state index contributed by atoms with van der Waals surface area (Å²) in [6.07, 6.45) is 0.926. The van der Waals surface area contributed by atoms with Crippen LogP contribution in [0.1, 0.15) is 29.8 Å². The molecule has 110 valence electrons. The number of ether oxygens (including phenoxy) is 2. The van der Waals surface area contributed by atoms with E-state index in [2.05, 4.69) is 6.92 Å². The Morgan fingerprint density at radius 1 is 1.14 bits per heavy atom. The zero-order valence-electron chi connectivity index (χ0n) is 12.3. The smallest absolute Gasteiger partial charge is 0.340 e. The number of hydrogen-bond acceptors (Lipinski definition) is 4. The third-order valence-corrected chi connectivity index (χ3v) is 3.10. The standard InChI is InChI=1S/C17H19NO3/c1-3-12-7-5-8-13(11-12)21-15-10-6-9-14(16(15)18)17(19)20-4-2/h5-11H,3-4,18H2,1-2H3. The number of esters is 1. The van der Waals surface area contributed by atoms with Gasteiger partial charge in [-0.25, -0.2) is 4.79 Å². The largest absolute Gasteiger partial charge is 0.462 e. The van der Waals surface area contributed by atoms with Gasteiger partial charge in [-0.05, 0) is 43.2 Å². The van der Waals surface area contributed by atoms with E-state index < -0.39 is 5.97 Å². The summed E-state index contributed by atoms with van der Waals surface area (Å²) in [5.41, 5.74) is 7.79. The molecule has 0 aliphatic heterocycles. The minimum absolute atomic E-state index is 0.290. The van der Waals surface area contributed by atoms with Crippen LogP contribution in [0.3, 0.4) is 0 Å². The highest BCUT2D eigenvalue weighted by Crippen LogP contribution is 2.30. The van der Waals surface area contributed by atoms with Crippen LogP contribution < -0.4 is 10.5 Å². The Kier molecular flexibility index (Phi) is 4.82. The second-order valence-corrected chi connectivity index (χ2v) is 4.54. The molecule has 0 bridgehead atoms. The number of benzene rings is 2. The maximum atomic E-state index is 11.8. The molecule has 0 spiro atoms. The van der Waals surface area contributed by atoms with Crippen molar-refractivity contribution in [1.82, 2.24) is 0 Å². The van der Waals surface area contributed by atoms with Gasteiger partial charge in [0, 0.05) is 0 Å². The van der Waals surface area contributed by atoms with Crippen molar-refractivity contribution in [1.29, 1.82) is 0 Å². The van der Waals surface area contributed by atoms with Gasteiger partial charge in [0.05, 0.1) is 17.9 Å². The summed E-state index contributed by atoms with van der Waals surface area (Å²) >= 11 is 0. The molecular formula is C17H19NO3. The predicted octanol–water partition coefficient (Wildman–Crippen LogP) is 3.80. The van der Waals surface area contributed by atoms with Gasteiger partial charge in [-0.1, -0.05) is 25.1 Å². The molecule has 0 aromatic heterocycles. The molecule has 2 aromatic rings. The molecule has 0 aliphatic rings. The van der Waals surface area contributed by atoms with E-state index in [-0.39, 0.29) is 5.69 Å². The van der Waals surface area contributed by atoms with Gasteiger partial charge in [0.25, 0.3) is 0 Å². The first-order valence-electron chi connectivity index (χ1n) is 6.98. The van der Waals surface area contributed by atoms with E-state index in [1.54, 1.807) is 25.1 Å². The van der Waals surface area contributed by atoms with E-state index in [0.717, 1.165) is 6.42 Å². The van der Waals surface area contributed by atoms with E-state index in [1.807, 2.05) is 24.3 Å². The molecule has 2 rings (SSSR count). The summed E-state index contributed by atoms with van der Waals surface area (Å²) in [6, 6.07) is 12.9. The molecule has 0 aliphatic carbocycles. The van der Waals surface area contributed by atoms with Crippen LogP contribution in [0.5, 0.6) is 11.5 Å². The second-order valence-electron chi connectivity index (χ2n) is 4.54. The zero-order chi connectivity index (χ0) is 15.2. The quantitative estimate of drug-likeness (QED) is 0.670. The van der Waals surface area contributed by atoms with Gasteiger partial charge in [0.2, 0.25) is 0 Å². The number of nitrogens with two attached hydrogens (primary N) is 1. The van der Waals surface area contributed by atoms with Gasteiger partial charge < -0.3 is 15.2 Å². The Balaban J connectivity index is 2.28. The van der Waals surface area contributed by atoms with Gasteiger partial charge in [-0.15, -0.1) is 0 Å². The Morgan fingerprint density at radius 2 is 1.90 bits per heavy atom. The number of rotatable bonds is 5. The molecule has 4 heteroatoms. The van der Waals surface area contributed by atoms with E-state index in [9.17, 15) is 4.79 Å². The zero-order valence-corrected chi connectivity index (χ0v) is 12.3. The first kappa shape index (κ1) is 14.9. The summed E-state index contributed by atoms with van der Waals surface area (Å²) in [6.45, 7) is 4.14. The lowest BCUT2D eigenvalue weighted by Gasteiger charge is -2.12. The van der Waals surface area contributed by atoms with E-state index in [4.69, 9.17) is 15.2 Å². The lowest BCUT2D eigenvalue weighted by molar-refractivity contribution is 0.0527. The molecule has 2 N–H and O–H groups in total. The van der Waals surface area contributed by atoms with Crippen LogP contribution in [-0.4, -0.2) is 12.6 Å². The number of aryl methyl sites for hydroxylation is 1. The van der Waals surface area contributed by atoms with Crippen molar-refractivity contribution >= 4 is 11.7 Å². The molecule has 0 radical (unpaired) electrons. The van der Waals surface area contributed by atoms with Crippen molar-refractivity contribution in [3.63, 3.8) is 0 Å².